The van der Waals surface area contributed by atoms with Crippen molar-refractivity contribution >= 4 is 11.9 Å². The Bertz CT molecular complexity index is 283. The average molecular weight is 257 g/mol. The molecule has 5 nitrogen and oxygen atoms in total. The van der Waals surface area contributed by atoms with Gasteiger partial charge in [-0.25, -0.2) is 0 Å². The highest BCUT2D eigenvalue weighted by Crippen LogP contribution is 2.38. The number of aliphatic hydroxyl groups is 1. The van der Waals surface area contributed by atoms with Crippen LogP contribution in [0.1, 0.15) is 51.4 Å². The topological polar surface area (TPSA) is 86.6 Å². The van der Waals surface area contributed by atoms with Gasteiger partial charge in [-0.3, -0.25) is 9.59 Å². The number of rotatable bonds is 6. The Kier molecular flexibility index (Phi) is 6.12. The molecule has 0 radical (unpaired) electrons. The number of carbonyl (C=O) groups is 2. The molecule has 0 spiro atoms. The van der Waals surface area contributed by atoms with Gasteiger partial charge >= 0.3 is 5.97 Å². The van der Waals surface area contributed by atoms with Crippen LogP contribution in [0.3, 0.4) is 0 Å². The molecule has 1 saturated carbocycles. The van der Waals surface area contributed by atoms with E-state index < -0.39 is 11.4 Å². The van der Waals surface area contributed by atoms with E-state index in [2.05, 4.69) is 5.32 Å². The molecule has 104 valence electrons. The lowest BCUT2D eigenvalue weighted by molar-refractivity contribution is -0.152. The van der Waals surface area contributed by atoms with E-state index in [-0.39, 0.29) is 18.9 Å². The predicted molar refractivity (Wildman–Crippen MR) is 67.1 cm³/mol. The van der Waals surface area contributed by atoms with Crippen molar-refractivity contribution in [2.45, 2.75) is 51.4 Å². The molecule has 18 heavy (non-hydrogen) atoms. The Morgan fingerprint density at radius 3 is 2.22 bits per heavy atom. The Labute approximate surface area is 108 Å². The van der Waals surface area contributed by atoms with E-state index in [0.717, 1.165) is 25.7 Å². The van der Waals surface area contributed by atoms with Gasteiger partial charge in [0, 0.05) is 19.6 Å². The van der Waals surface area contributed by atoms with Gasteiger partial charge < -0.3 is 15.5 Å². The van der Waals surface area contributed by atoms with Gasteiger partial charge in [0.25, 0.3) is 0 Å². The molecule has 3 N–H and O–H groups in total. The summed E-state index contributed by atoms with van der Waals surface area (Å²) >= 11 is 0. The number of hydrogen-bond donors (Lipinski definition) is 3. The third kappa shape index (κ3) is 4.29. The Morgan fingerprint density at radius 2 is 1.72 bits per heavy atom. The van der Waals surface area contributed by atoms with Crippen LogP contribution in [0.15, 0.2) is 0 Å². The summed E-state index contributed by atoms with van der Waals surface area (Å²) in [6, 6.07) is 0. The van der Waals surface area contributed by atoms with Crippen molar-refractivity contribution in [3.63, 3.8) is 0 Å². The molecule has 1 fully saturated rings. The van der Waals surface area contributed by atoms with E-state index in [4.69, 9.17) is 5.11 Å². The van der Waals surface area contributed by atoms with Gasteiger partial charge in [0.15, 0.2) is 0 Å². The SMILES string of the molecule is O=C(CC1(C(=O)O)CCCCCC1)NCCCO. The Balaban J connectivity index is 2.55. The molecule has 1 amide bonds. The molecule has 0 bridgehead atoms. The maximum Gasteiger partial charge on any atom is 0.310 e. The molecule has 1 rings (SSSR count). The molecule has 0 aromatic rings. The molecule has 1 aliphatic carbocycles. The Hall–Kier alpha value is -1.10. The lowest BCUT2D eigenvalue weighted by Crippen LogP contribution is -2.37. The lowest BCUT2D eigenvalue weighted by Gasteiger charge is -2.27. The van der Waals surface area contributed by atoms with Crippen molar-refractivity contribution in [1.29, 1.82) is 0 Å². The maximum atomic E-state index is 11.8. The second-order valence-corrected chi connectivity index (χ2v) is 5.10. The van der Waals surface area contributed by atoms with Crippen LogP contribution < -0.4 is 5.32 Å². The van der Waals surface area contributed by atoms with Crippen LogP contribution >= 0.6 is 0 Å². The first-order valence-electron chi connectivity index (χ1n) is 6.72. The quantitative estimate of drug-likeness (QED) is 0.494. The van der Waals surface area contributed by atoms with Crippen molar-refractivity contribution in [2.24, 2.45) is 5.41 Å². The molecule has 0 unspecified atom stereocenters. The van der Waals surface area contributed by atoms with Crippen molar-refractivity contribution in [3.05, 3.63) is 0 Å². The van der Waals surface area contributed by atoms with E-state index in [1.54, 1.807) is 0 Å². The first-order valence-corrected chi connectivity index (χ1v) is 6.72. The second kappa shape index (κ2) is 7.36. The van der Waals surface area contributed by atoms with Crippen LogP contribution in [-0.4, -0.2) is 35.2 Å². The van der Waals surface area contributed by atoms with E-state index in [9.17, 15) is 14.7 Å². The molecular formula is C13H23NO4. The smallest absolute Gasteiger partial charge is 0.310 e. The molecule has 0 saturated heterocycles. The summed E-state index contributed by atoms with van der Waals surface area (Å²) in [6.45, 7) is 0.440. The maximum absolute atomic E-state index is 11.8. The van der Waals surface area contributed by atoms with Gasteiger partial charge in [-0.1, -0.05) is 25.7 Å². The fraction of sp³-hybridized carbons (Fsp3) is 0.846. The van der Waals surface area contributed by atoms with Crippen LogP contribution in [0.4, 0.5) is 0 Å². The molecule has 0 aliphatic heterocycles. The molecule has 0 aromatic carbocycles. The van der Waals surface area contributed by atoms with Gasteiger partial charge in [0.05, 0.1) is 5.41 Å². The molecular weight excluding hydrogens is 234 g/mol. The zero-order valence-corrected chi connectivity index (χ0v) is 10.8. The van der Waals surface area contributed by atoms with Gasteiger partial charge in [-0.2, -0.15) is 0 Å². The molecule has 5 heteroatoms. The fourth-order valence-electron chi connectivity index (χ4n) is 2.55. The van der Waals surface area contributed by atoms with Crippen LogP contribution in [0, 0.1) is 5.41 Å². The number of aliphatic carboxylic acids is 1. The van der Waals surface area contributed by atoms with Gasteiger partial charge in [0.2, 0.25) is 5.91 Å². The van der Waals surface area contributed by atoms with Crippen molar-refractivity contribution in [2.75, 3.05) is 13.2 Å². The minimum atomic E-state index is -0.875. The third-order valence-electron chi connectivity index (χ3n) is 3.67. The van der Waals surface area contributed by atoms with Crippen LogP contribution in [0.2, 0.25) is 0 Å². The zero-order chi connectivity index (χ0) is 13.4. The normalized spacial score (nSPS) is 18.9. The monoisotopic (exact) mass is 257 g/mol. The largest absolute Gasteiger partial charge is 0.481 e. The minimum absolute atomic E-state index is 0.0321. The summed E-state index contributed by atoms with van der Waals surface area (Å²) in [4.78, 5) is 23.2. The molecule has 1 aliphatic rings. The summed E-state index contributed by atoms with van der Waals surface area (Å²) in [7, 11) is 0. The van der Waals surface area contributed by atoms with Crippen LogP contribution in [0.25, 0.3) is 0 Å². The van der Waals surface area contributed by atoms with Crippen molar-refractivity contribution < 1.29 is 19.8 Å². The van der Waals surface area contributed by atoms with Gasteiger partial charge in [-0.05, 0) is 19.3 Å². The average Bonchev–Trinajstić information content (AvgIpc) is 2.56. The molecule has 0 aromatic heterocycles. The number of carboxylic acid groups (broad SMARTS) is 1. The fourth-order valence-corrected chi connectivity index (χ4v) is 2.55. The van der Waals surface area contributed by atoms with Crippen LogP contribution in [-0.2, 0) is 9.59 Å². The number of nitrogens with one attached hydrogen (secondary N) is 1. The Morgan fingerprint density at radius 1 is 1.11 bits per heavy atom. The number of carboxylic acids is 1. The number of hydrogen-bond acceptors (Lipinski definition) is 3. The minimum Gasteiger partial charge on any atom is -0.481 e. The van der Waals surface area contributed by atoms with Crippen molar-refractivity contribution in [1.82, 2.24) is 5.32 Å². The third-order valence-corrected chi connectivity index (χ3v) is 3.67. The highest BCUT2D eigenvalue weighted by molar-refractivity contribution is 5.84. The van der Waals surface area contributed by atoms with E-state index in [1.807, 2.05) is 0 Å². The van der Waals surface area contributed by atoms with E-state index >= 15 is 0 Å². The summed E-state index contributed by atoms with van der Waals surface area (Å²) in [6.07, 6.45) is 5.64. The first-order chi connectivity index (χ1) is 8.60. The molecule has 0 heterocycles. The lowest BCUT2D eigenvalue weighted by atomic mass is 9.77. The summed E-state index contributed by atoms with van der Waals surface area (Å²) in [5.74, 6) is -1.06. The zero-order valence-electron chi connectivity index (χ0n) is 10.8. The molecule has 0 atom stereocenters. The van der Waals surface area contributed by atoms with E-state index in [0.29, 0.717) is 25.8 Å². The summed E-state index contributed by atoms with van der Waals surface area (Å²) < 4.78 is 0. The standard InChI is InChI=1S/C13H23NO4/c15-9-5-8-14-11(16)10-13(12(17)18)6-3-1-2-4-7-13/h15H,1-10H2,(H,14,16)(H,17,18). The first kappa shape index (κ1) is 15.0. The van der Waals surface area contributed by atoms with E-state index in [1.165, 1.54) is 0 Å². The summed E-state index contributed by atoms with van der Waals surface area (Å²) in [5, 5.41) is 20.7. The highest BCUT2D eigenvalue weighted by atomic mass is 16.4. The van der Waals surface area contributed by atoms with Crippen molar-refractivity contribution in [3.8, 4) is 0 Å². The number of amides is 1. The van der Waals surface area contributed by atoms with Gasteiger partial charge in [-0.15, -0.1) is 0 Å². The van der Waals surface area contributed by atoms with Gasteiger partial charge in [0.1, 0.15) is 0 Å². The second-order valence-electron chi connectivity index (χ2n) is 5.10. The number of aliphatic hydroxyl groups excluding tert-OH is 1. The van der Waals surface area contributed by atoms with Crippen LogP contribution in [0.5, 0.6) is 0 Å². The summed E-state index contributed by atoms with van der Waals surface area (Å²) in [5.41, 5.74) is -0.875. The predicted octanol–water partition coefficient (Wildman–Crippen LogP) is 1.30. The highest BCUT2D eigenvalue weighted by Gasteiger charge is 2.40. The number of carbonyl (C=O) groups excluding carboxylic acids is 1.